The molecule has 19 heavy (non-hydrogen) atoms. The number of rotatable bonds is 1. The highest BCUT2D eigenvalue weighted by Crippen LogP contribution is 2.38. The molecule has 3 nitrogen and oxygen atoms in total. The number of halogens is 1. The summed E-state index contributed by atoms with van der Waals surface area (Å²) < 4.78 is 0. The van der Waals surface area contributed by atoms with Crippen molar-refractivity contribution < 1.29 is 4.79 Å². The number of nitrogens with zero attached hydrogens (tertiary/aromatic N) is 2. The summed E-state index contributed by atoms with van der Waals surface area (Å²) in [6, 6.07) is 7.90. The molecule has 0 bridgehead atoms. The van der Waals surface area contributed by atoms with Crippen LogP contribution in [-0.2, 0) is 11.2 Å². The van der Waals surface area contributed by atoms with Crippen molar-refractivity contribution in [3.8, 4) is 11.1 Å². The van der Waals surface area contributed by atoms with E-state index in [1.165, 1.54) is 0 Å². The van der Waals surface area contributed by atoms with E-state index in [4.69, 9.17) is 11.6 Å². The maximum absolute atomic E-state index is 11.6. The SMILES string of the molecule is CC(=O)N1CCc2cc(-c3cccnc3)cc(Cl)c21. The summed E-state index contributed by atoms with van der Waals surface area (Å²) in [6.45, 7) is 2.28. The van der Waals surface area contributed by atoms with E-state index in [1.807, 2.05) is 24.4 Å². The number of pyridine rings is 1. The van der Waals surface area contributed by atoms with Crippen LogP contribution in [0, 0.1) is 0 Å². The van der Waals surface area contributed by atoms with Gasteiger partial charge in [-0.3, -0.25) is 9.78 Å². The Morgan fingerprint density at radius 1 is 1.37 bits per heavy atom. The van der Waals surface area contributed by atoms with Gasteiger partial charge in [0, 0.05) is 31.4 Å². The van der Waals surface area contributed by atoms with E-state index in [0.717, 1.165) is 28.8 Å². The lowest BCUT2D eigenvalue weighted by Crippen LogP contribution is -2.26. The highest BCUT2D eigenvalue weighted by molar-refractivity contribution is 6.34. The molecular formula is C15H13ClN2O. The van der Waals surface area contributed by atoms with Crippen molar-refractivity contribution in [2.24, 2.45) is 0 Å². The smallest absolute Gasteiger partial charge is 0.223 e. The van der Waals surface area contributed by atoms with Gasteiger partial charge in [-0.2, -0.15) is 0 Å². The first-order valence-corrected chi connectivity index (χ1v) is 6.55. The second-order valence-corrected chi connectivity index (χ2v) is 5.04. The molecule has 0 spiro atoms. The molecule has 0 atom stereocenters. The molecule has 4 heteroatoms. The first kappa shape index (κ1) is 12.2. The van der Waals surface area contributed by atoms with Gasteiger partial charge in [-0.25, -0.2) is 0 Å². The number of carbonyl (C=O) groups is 1. The maximum Gasteiger partial charge on any atom is 0.223 e. The van der Waals surface area contributed by atoms with Crippen LogP contribution >= 0.6 is 11.6 Å². The minimum Gasteiger partial charge on any atom is -0.311 e. The van der Waals surface area contributed by atoms with Crippen LogP contribution in [0.25, 0.3) is 11.1 Å². The van der Waals surface area contributed by atoms with Gasteiger partial charge in [0.2, 0.25) is 5.91 Å². The van der Waals surface area contributed by atoms with Gasteiger partial charge in [-0.05, 0) is 35.7 Å². The standard InChI is InChI=1S/C15H13ClN2O/c1-10(19)18-6-4-11-7-13(8-14(16)15(11)18)12-3-2-5-17-9-12/h2-3,5,7-9H,4,6H2,1H3. The number of benzene rings is 1. The van der Waals surface area contributed by atoms with Gasteiger partial charge in [-0.1, -0.05) is 17.7 Å². The Morgan fingerprint density at radius 3 is 2.89 bits per heavy atom. The maximum atomic E-state index is 11.6. The van der Waals surface area contributed by atoms with E-state index >= 15 is 0 Å². The van der Waals surface area contributed by atoms with Crippen molar-refractivity contribution in [1.82, 2.24) is 4.98 Å². The molecule has 0 aliphatic carbocycles. The molecule has 3 rings (SSSR count). The zero-order valence-corrected chi connectivity index (χ0v) is 11.3. The third kappa shape index (κ3) is 2.10. The van der Waals surface area contributed by atoms with Gasteiger partial charge in [0.1, 0.15) is 0 Å². The van der Waals surface area contributed by atoms with Crippen molar-refractivity contribution in [2.75, 3.05) is 11.4 Å². The summed E-state index contributed by atoms with van der Waals surface area (Å²) in [5.41, 5.74) is 4.07. The zero-order chi connectivity index (χ0) is 13.4. The lowest BCUT2D eigenvalue weighted by atomic mass is 10.0. The van der Waals surface area contributed by atoms with Crippen LogP contribution in [0.2, 0.25) is 5.02 Å². The predicted molar refractivity (Wildman–Crippen MR) is 76.4 cm³/mol. The molecule has 1 amide bonds. The van der Waals surface area contributed by atoms with Crippen molar-refractivity contribution in [3.63, 3.8) is 0 Å². The Hall–Kier alpha value is -1.87. The van der Waals surface area contributed by atoms with Gasteiger partial charge in [0.25, 0.3) is 0 Å². The Morgan fingerprint density at radius 2 is 2.21 bits per heavy atom. The molecule has 1 aromatic carbocycles. The van der Waals surface area contributed by atoms with Crippen LogP contribution in [0.5, 0.6) is 0 Å². The summed E-state index contributed by atoms with van der Waals surface area (Å²) >= 11 is 6.35. The fourth-order valence-corrected chi connectivity index (χ4v) is 2.85. The fourth-order valence-electron chi connectivity index (χ4n) is 2.51. The molecule has 2 heterocycles. The average molecular weight is 273 g/mol. The third-order valence-corrected chi connectivity index (χ3v) is 3.68. The highest BCUT2D eigenvalue weighted by atomic mass is 35.5. The van der Waals surface area contributed by atoms with Gasteiger partial charge >= 0.3 is 0 Å². The Bertz CT molecular complexity index is 640. The molecule has 96 valence electrons. The lowest BCUT2D eigenvalue weighted by Gasteiger charge is -2.16. The van der Waals surface area contributed by atoms with Crippen LogP contribution in [0.1, 0.15) is 12.5 Å². The van der Waals surface area contributed by atoms with Crippen molar-refractivity contribution in [3.05, 3.63) is 47.2 Å². The molecule has 1 aliphatic heterocycles. The quantitative estimate of drug-likeness (QED) is 0.798. The molecule has 1 aliphatic rings. The van der Waals surface area contributed by atoms with Gasteiger partial charge in [0.15, 0.2) is 0 Å². The second kappa shape index (κ2) is 4.67. The molecule has 2 aromatic rings. The largest absolute Gasteiger partial charge is 0.311 e. The van der Waals surface area contributed by atoms with E-state index in [2.05, 4.69) is 11.1 Å². The number of hydrogen-bond acceptors (Lipinski definition) is 2. The molecule has 0 unspecified atom stereocenters. The normalized spacial score (nSPS) is 13.5. The number of aromatic nitrogens is 1. The number of fused-ring (bicyclic) bond motifs is 1. The molecule has 0 saturated heterocycles. The van der Waals surface area contributed by atoms with Crippen molar-refractivity contribution in [1.29, 1.82) is 0 Å². The summed E-state index contributed by atoms with van der Waals surface area (Å²) in [5.74, 6) is 0.0368. The molecule has 0 fully saturated rings. The van der Waals surface area contributed by atoms with Crippen LogP contribution < -0.4 is 4.90 Å². The number of amides is 1. The van der Waals surface area contributed by atoms with E-state index in [1.54, 1.807) is 18.0 Å². The molecule has 0 N–H and O–H groups in total. The van der Waals surface area contributed by atoms with E-state index < -0.39 is 0 Å². The predicted octanol–water partition coefficient (Wildman–Crippen LogP) is 3.31. The summed E-state index contributed by atoms with van der Waals surface area (Å²) in [7, 11) is 0. The minimum atomic E-state index is 0.0368. The van der Waals surface area contributed by atoms with Gasteiger partial charge < -0.3 is 4.90 Å². The van der Waals surface area contributed by atoms with E-state index in [0.29, 0.717) is 11.6 Å². The lowest BCUT2D eigenvalue weighted by molar-refractivity contribution is -0.116. The Labute approximate surface area is 116 Å². The summed E-state index contributed by atoms with van der Waals surface area (Å²) in [6.07, 6.45) is 4.41. The van der Waals surface area contributed by atoms with Crippen molar-refractivity contribution in [2.45, 2.75) is 13.3 Å². The fraction of sp³-hybridized carbons (Fsp3) is 0.200. The first-order valence-electron chi connectivity index (χ1n) is 6.18. The zero-order valence-electron chi connectivity index (χ0n) is 10.6. The van der Waals surface area contributed by atoms with Crippen LogP contribution in [-0.4, -0.2) is 17.4 Å². The number of carbonyl (C=O) groups excluding carboxylic acids is 1. The monoisotopic (exact) mass is 272 g/mol. The van der Waals surface area contributed by atoms with E-state index in [-0.39, 0.29) is 5.91 Å². The molecule has 0 saturated carbocycles. The number of hydrogen-bond donors (Lipinski definition) is 0. The third-order valence-electron chi connectivity index (χ3n) is 3.39. The number of anilines is 1. The highest BCUT2D eigenvalue weighted by Gasteiger charge is 2.25. The summed E-state index contributed by atoms with van der Waals surface area (Å²) in [5, 5.41) is 0.629. The van der Waals surface area contributed by atoms with Crippen LogP contribution in [0.15, 0.2) is 36.7 Å². The summed E-state index contributed by atoms with van der Waals surface area (Å²) in [4.78, 5) is 17.4. The van der Waals surface area contributed by atoms with Crippen LogP contribution in [0.4, 0.5) is 5.69 Å². The first-order chi connectivity index (χ1) is 9.16. The van der Waals surface area contributed by atoms with Gasteiger partial charge in [0.05, 0.1) is 10.7 Å². The van der Waals surface area contributed by atoms with Crippen molar-refractivity contribution >= 4 is 23.2 Å². The van der Waals surface area contributed by atoms with Crippen LogP contribution in [0.3, 0.4) is 0 Å². The molecular weight excluding hydrogens is 260 g/mol. The van der Waals surface area contributed by atoms with Gasteiger partial charge in [-0.15, -0.1) is 0 Å². The Kier molecular flexibility index (Phi) is 2.99. The topological polar surface area (TPSA) is 33.2 Å². The second-order valence-electron chi connectivity index (χ2n) is 4.63. The Balaban J connectivity index is 2.10. The molecule has 0 radical (unpaired) electrons. The van der Waals surface area contributed by atoms with E-state index in [9.17, 15) is 4.79 Å². The molecule has 1 aromatic heterocycles. The average Bonchev–Trinajstić information content (AvgIpc) is 2.84. The minimum absolute atomic E-state index is 0.0368.